The van der Waals surface area contributed by atoms with Crippen molar-refractivity contribution in [3.8, 4) is 0 Å². The zero-order valence-corrected chi connectivity index (χ0v) is 15.3. The number of rotatable bonds is 7. The molecule has 0 aliphatic heterocycles. The van der Waals surface area contributed by atoms with Crippen molar-refractivity contribution in [3.05, 3.63) is 0 Å². The Bertz CT molecular complexity index is 318. The molecule has 0 heterocycles. The average Bonchev–Trinajstić information content (AvgIpc) is 2.42. The standard InChI is InChI=1S/C18H36N2O2/c1-6-20(17(21)22-18(3,4)5)13-7-12-19-14-16-10-8-15(2)9-11-16/h15-16,19H,6-14H2,1-5H3. The van der Waals surface area contributed by atoms with E-state index in [1.54, 1.807) is 4.90 Å². The van der Waals surface area contributed by atoms with Crippen molar-refractivity contribution in [1.29, 1.82) is 0 Å². The Labute approximate surface area is 137 Å². The first-order valence-electron chi connectivity index (χ1n) is 9.00. The van der Waals surface area contributed by atoms with Gasteiger partial charge in [-0.15, -0.1) is 0 Å². The molecule has 4 heteroatoms. The van der Waals surface area contributed by atoms with E-state index in [2.05, 4.69) is 12.2 Å². The number of carbonyl (C=O) groups is 1. The smallest absolute Gasteiger partial charge is 0.410 e. The van der Waals surface area contributed by atoms with Gasteiger partial charge in [0.05, 0.1) is 0 Å². The van der Waals surface area contributed by atoms with E-state index < -0.39 is 5.60 Å². The molecule has 4 nitrogen and oxygen atoms in total. The van der Waals surface area contributed by atoms with Gasteiger partial charge in [-0.05, 0) is 71.9 Å². The van der Waals surface area contributed by atoms with Crippen LogP contribution in [0.15, 0.2) is 0 Å². The predicted molar refractivity (Wildman–Crippen MR) is 92.1 cm³/mol. The van der Waals surface area contributed by atoms with Crippen molar-refractivity contribution >= 4 is 6.09 Å². The van der Waals surface area contributed by atoms with Crippen molar-refractivity contribution in [3.63, 3.8) is 0 Å². The maximum Gasteiger partial charge on any atom is 0.410 e. The summed E-state index contributed by atoms with van der Waals surface area (Å²) in [7, 11) is 0. The lowest BCUT2D eigenvalue weighted by Crippen LogP contribution is -2.38. The first-order valence-corrected chi connectivity index (χ1v) is 9.00. The zero-order valence-electron chi connectivity index (χ0n) is 15.3. The molecule has 0 bridgehead atoms. The van der Waals surface area contributed by atoms with E-state index in [1.807, 2.05) is 27.7 Å². The van der Waals surface area contributed by atoms with Gasteiger partial charge in [0.25, 0.3) is 0 Å². The Hall–Kier alpha value is -0.770. The fourth-order valence-corrected chi connectivity index (χ4v) is 2.94. The summed E-state index contributed by atoms with van der Waals surface area (Å²) in [6, 6.07) is 0. The van der Waals surface area contributed by atoms with Crippen LogP contribution in [-0.4, -0.2) is 42.8 Å². The third kappa shape index (κ3) is 8.02. The van der Waals surface area contributed by atoms with E-state index in [1.165, 1.54) is 25.7 Å². The molecule has 0 aromatic heterocycles. The van der Waals surface area contributed by atoms with Crippen LogP contribution in [0.1, 0.15) is 66.7 Å². The molecule has 1 saturated carbocycles. The van der Waals surface area contributed by atoms with Gasteiger partial charge in [0, 0.05) is 13.1 Å². The largest absolute Gasteiger partial charge is 0.444 e. The Morgan fingerprint density at radius 2 is 1.86 bits per heavy atom. The van der Waals surface area contributed by atoms with Crippen LogP contribution in [0, 0.1) is 11.8 Å². The Morgan fingerprint density at radius 3 is 2.41 bits per heavy atom. The van der Waals surface area contributed by atoms with Crippen molar-refractivity contribution in [2.75, 3.05) is 26.2 Å². The van der Waals surface area contributed by atoms with Crippen LogP contribution in [-0.2, 0) is 4.74 Å². The van der Waals surface area contributed by atoms with Crippen LogP contribution in [0.25, 0.3) is 0 Å². The Balaban J connectivity index is 2.12. The number of carbonyl (C=O) groups excluding carboxylic acids is 1. The molecular weight excluding hydrogens is 276 g/mol. The van der Waals surface area contributed by atoms with Crippen molar-refractivity contribution in [2.45, 2.75) is 72.3 Å². The van der Waals surface area contributed by atoms with Gasteiger partial charge in [0.2, 0.25) is 0 Å². The van der Waals surface area contributed by atoms with Gasteiger partial charge < -0.3 is 15.0 Å². The number of nitrogens with one attached hydrogen (secondary N) is 1. The van der Waals surface area contributed by atoms with E-state index in [0.29, 0.717) is 6.54 Å². The summed E-state index contributed by atoms with van der Waals surface area (Å²) in [5, 5.41) is 3.56. The van der Waals surface area contributed by atoms with Gasteiger partial charge in [0.1, 0.15) is 5.60 Å². The van der Waals surface area contributed by atoms with Crippen LogP contribution < -0.4 is 5.32 Å². The number of hydrogen-bond acceptors (Lipinski definition) is 3. The molecule has 130 valence electrons. The summed E-state index contributed by atoms with van der Waals surface area (Å²) in [6.45, 7) is 13.7. The lowest BCUT2D eigenvalue weighted by molar-refractivity contribution is 0.0258. The summed E-state index contributed by atoms with van der Waals surface area (Å²) in [5.74, 6) is 1.77. The van der Waals surface area contributed by atoms with E-state index in [0.717, 1.165) is 37.9 Å². The van der Waals surface area contributed by atoms with Crippen molar-refractivity contribution < 1.29 is 9.53 Å². The van der Waals surface area contributed by atoms with Crippen LogP contribution >= 0.6 is 0 Å². The predicted octanol–water partition coefficient (Wildman–Crippen LogP) is 4.05. The van der Waals surface area contributed by atoms with E-state index in [-0.39, 0.29) is 6.09 Å². The lowest BCUT2D eigenvalue weighted by Gasteiger charge is -2.27. The summed E-state index contributed by atoms with van der Waals surface area (Å²) < 4.78 is 5.42. The zero-order chi connectivity index (χ0) is 16.6. The minimum Gasteiger partial charge on any atom is -0.444 e. The van der Waals surface area contributed by atoms with Gasteiger partial charge in [0.15, 0.2) is 0 Å². The van der Waals surface area contributed by atoms with E-state index in [9.17, 15) is 4.79 Å². The molecule has 1 rings (SSSR count). The summed E-state index contributed by atoms with van der Waals surface area (Å²) >= 11 is 0. The lowest BCUT2D eigenvalue weighted by atomic mass is 9.83. The average molecular weight is 312 g/mol. The molecule has 1 aliphatic rings. The molecule has 0 aromatic rings. The highest BCUT2D eigenvalue weighted by atomic mass is 16.6. The summed E-state index contributed by atoms with van der Waals surface area (Å²) in [6.07, 6.45) is 6.29. The maximum absolute atomic E-state index is 12.0. The Morgan fingerprint density at radius 1 is 1.23 bits per heavy atom. The van der Waals surface area contributed by atoms with E-state index >= 15 is 0 Å². The van der Waals surface area contributed by atoms with Gasteiger partial charge in [-0.25, -0.2) is 4.79 Å². The van der Waals surface area contributed by atoms with Gasteiger partial charge in [-0.1, -0.05) is 19.8 Å². The molecule has 0 atom stereocenters. The third-order valence-electron chi connectivity index (χ3n) is 4.38. The van der Waals surface area contributed by atoms with Crippen LogP contribution in [0.2, 0.25) is 0 Å². The molecule has 0 saturated heterocycles. The second-order valence-electron chi connectivity index (χ2n) is 7.74. The first kappa shape index (κ1) is 19.3. The Kier molecular flexibility index (Phi) is 8.23. The van der Waals surface area contributed by atoms with E-state index in [4.69, 9.17) is 4.74 Å². The number of ether oxygens (including phenoxy) is 1. The molecule has 1 fully saturated rings. The SMILES string of the molecule is CCN(CCCNCC1CCC(C)CC1)C(=O)OC(C)(C)C. The highest BCUT2D eigenvalue weighted by Crippen LogP contribution is 2.27. The molecule has 0 unspecified atom stereocenters. The van der Waals surface area contributed by atoms with Gasteiger partial charge in [-0.3, -0.25) is 0 Å². The second kappa shape index (κ2) is 9.39. The molecule has 1 aliphatic carbocycles. The van der Waals surface area contributed by atoms with Gasteiger partial charge >= 0.3 is 6.09 Å². The highest BCUT2D eigenvalue weighted by molar-refractivity contribution is 5.68. The fourth-order valence-electron chi connectivity index (χ4n) is 2.94. The molecular formula is C18H36N2O2. The molecule has 1 N–H and O–H groups in total. The topological polar surface area (TPSA) is 41.6 Å². The molecule has 22 heavy (non-hydrogen) atoms. The minimum absolute atomic E-state index is 0.198. The number of nitrogens with zero attached hydrogens (tertiary/aromatic N) is 1. The number of amides is 1. The molecule has 0 aromatic carbocycles. The normalized spacial score (nSPS) is 22.4. The monoisotopic (exact) mass is 312 g/mol. The first-order chi connectivity index (χ1) is 10.3. The van der Waals surface area contributed by atoms with Crippen molar-refractivity contribution in [1.82, 2.24) is 10.2 Å². The third-order valence-corrected chi connectivity index (χ3v) is 4.38. The van der Waals surface area contributed by atoms with Gasteiger partial charge in [-0.2, -0.15) is 0 Å². The van der Waals surface area contributed by atoms with Crippen molar-refractivity contribution in [2.24, 2.45) is 11.8 Å². The van der Waals surface area contributed by atoms with Crippen LogP contribution in [0.3, 0.4) is 0 Å². The number of hydrogen-bond donors (Lipinski definition) is 1. The molecule has 0 radical (unpaired) electrons. The van der Waals surface area contributed by atoms with Crippen LogP contribution in [0.4, 0.5) is 4.79 Å². The quantitative estimate of drug-likeness (QED) is 0.721. The fraction of sp³-hybridized carbons (Fsp3) is 0.944. The highest BCUT2D eigenvalue weighted by Gasteiger charge is 2.21. The summed E-state index contributed by atoms with van der Waals surface area (Å²) in [4.78, 5) is 13.8. The second-order valence-corrected chi connectivity index (χ2v) is 7.74. The van der Waals surface area contributed by atoms with Crippen LogP contribution in [0.5, 0.6) is 0 Å². The summed E-state index contributed by atoms with van der Waals surface area (Å²) in [5.41, 5.74) is -0.416. The minimum atomic E-state index is -0.416. The maximum atomic E-state index is 12.0. The molecule has 1 amide bonds. The molecule has 0 spiro atoms.